The first-order chi connectivity index (χ1) is 4.74. The van der Waals surface area contributed by atoms with Crippen molar-refractivity contribution in [2.45, 2.75) is 27.7 Å². The first-order valence-corrected chi connectivity index (χ1v) is 4.08. The third-order valence-electron chi connectivity index (χ3n) is 1.86. The summed E-state index contributed by atoms with van der Waals surface area (Å²) in [5.74, 6) is 0. The van der Waals surface area contributed by atoms with Crippen LogP contribution < -0.4 is 18.9 Å². The van der Waals surface area contributed by atoms with Crippen LogP contribution in [0.4, 0.5) is 0 Å². The second-order valence-corrected chi connectivity index (χ2v) is 2.60. The molecule has 0 atom stereocenters. The van der Waals surface area contributed by atoms with Crippen molar-refractivity contribution in [1.29, 1.82) is 0 Å². The largest absolute Gasteiger partial charge is 1.00 e. The summed E-state index contributed by atoms with van der Waals surface area (Å²) in [5, 5.41) is 0. The number of hydrogen-bond acceptors (Lipinski definition) is 1. The molecule has 0 spiro atoms. The van der Waals surface area contributed by atoms with Gasteiger partial charge in [0.05, 0.1) is 0 Å². The number of allylic oxidation sites excluding steroid dienone is 1. The zero-order valence-electron chi connectivity index (χ0n) is 9.65. The van der Waals surface area contributed by atoms with Gasteiger partial charge in [-0.2, -0.15) is 0 Å². The van der Waals surface area contributed by atoms with Crippen molar-refractivity contribution in [3.8, 4) is 0 Å². The predicted molar refractivity (Wildman–Crippen MR) is 48.3 cm³/mol. The summed E-state index contributed by atoms with van der Waals surface area (Å²) in [5.41, 5.74) is 1.46. The van der Waals surface area contributed by atoms with E-state index >= 15 is 0 Å². The molecule has 0 aromatic heterocycles. The monoisotopic (exact) mass is 149 g/mol. The fourth-order valence-electron chi connectivity index (χ4n) is 0.891. The Hall–Kier alpha value is 0.297. The van der Waals surface area contributed by atoms with Crippen LogP contribution in [0.1, 0.15) is 29.1 Å². The van der Waals surface area contributed by atoms with Gasteiger partial charge in [-0.1, -0.05) is 25.5 Å². The molecular weight excluding hydrogens is 129 g/mol. The molecule has 0 aliphatic heterocycles. The van der Waals surface area contributed by atoms with Crippen LogP contribution >= 0.6 is 0 Å². The van der Waals surface area contributed by atoms with Crippen LogP contribution in [0.25, 0.3) is 0 Å². The molecule has 1 nitrogen and oxygen atoms in total. The van der Waals surface area contributed by atoms with Crippen molar-refractivity contribution in [1.82, 2.24) is 4.90 Å². The molecule has 0 aromatic carbocycles. The Balaban J connectivity index is -0.000000405. The van der Waals surface area contributed by atoms with Crippen LogP contribution in [0.15, 0.2) is 11.6 Å². The molecule has 0 aromatic rings. The Bertz CT molecular complexity index is 111. The van der Waals surface area contributed by atoms with Crippen LogP contribution in [0.5, 0.6) is 0 Å². The molecular formula is C9H20LiN. The molecule has 2 heteroatoms. The van der Waals surface area contributed by atoms with Crippen LogP contribution in [-0.4, -0.2) is 24.5 Å². The van der Waals surface area contributed by atoms with E-state index in [9.17, 15) is 0 Å². The molecule has 0 N–H and O–H groups in total. The van der Waals surface area contributed by atoms with Gasteiger partial charge in [-0.05, 0) is 26.9 Å². The van der Waals surface area contributed by atoms with E-state index in [4.69, 9.17) is 0 Å². The second-order valence-electron chi connectivity index (χ2n) is 2.60. The quantitative estimate of drug-likeness (QED) is 0.381. The van der Waals surface area contributed by atoms with Gasteiger partial charge < -0.3 is 1.43 Å². The van der Waals surface area contributed by atoms with Crippen molar-refractivity contribution in [3.05, 3.63) is 11.6 Å². The molecule has 0 amide bonds. The average Bonchev–Trinajstić information content (AvgIpc) is 1.99. The van der Waals surface area contributed by atoms with Crippen molar-refractivity contribution in [2.75, 3.05) is 19.6 Å². The topological polar surface area (TPSA) is 3.24 Å². The molecule has 0 aliphatic carbocycles. The van der Waals surface area contributed by atoms with E-state index in [2.05, 4.69) is 38.7 Å². The van der Waals surface area contributed by atoms with Gasteiger partial charge in [0, 0.05) is 6.54 Å². The van der Waals surface area contributed by atoms with Crippen LogP contribution in [-0.2, 0) is 0 Å². The fraction of sp³-hybridized carbons (Fsp3) is 0.778. The summed E-state index contributed by atoms with van der Waals surface area (Å²) < 4.78 is 0. The van der Waals surface area contributed by atoms with Crippen LogP contribution in [0.2, 0.25) is 0 Å². The normalized spacial score (nSPS) is 11.5. The molecule has 0 saturated carbocycles. The van der Waals surface area contributed by atoms with Gasteiger partial charge in [0.25, 0.3) is 0 Å². The first kappa shape index (κ1) is 13.9. The van der Waals surface area contributed by atoms with Crippen LogP contribution in [0, 0.1) is 0 Å². The van der Waals surface area contributed by atoms with Gasteiger partial charge in [-0.15, -0.1) is 0 Å². The summed E-state index contributed by atoms with van der Waals surface area (Å²) in [6.07, 6.45) is 2.18. The molecule has 0 bridgehead atoms. The van der Waals surface area contributed by atoms with E-state index in [0.29, 0.717) is 0 Å². The molecule has 0 aliphatic rings. The predicted octanol–water partition coefficient (Wildman–Crippen LogP) is -0.589. The molecule has 0 heterocycles. The average molecular weight is 149 g/mol. The standard InChI is InChI=1S/C9H19N.Li.H/c1-5-9(4)8-10(6-2)7-3;;/h5H,6-8H2,1-4H3;;/q;+1;-1. The summed E-state index contributed by atoms with van der Waals surface area (Å²) in [7, 11) is 0. The molecule has 0 radical (unpaired) electrons. The number of nitrogens with zero attached hydrogens (tertiary/aromatic N) is 1. The molecule has 62 valence electrons. The van der Waals surface area contributed by atoms with Gasteiger partial charge >= 0.3 is 18.9 Å². The fourth-order valence-corrected chi connectivity index (χ4v) is 0.891. The van der Waals surface area contributed by atoms with Gasteiger partial charge in [-0.25, -0.2) is 0 Å². The Labute approximate surface area is 84.5 Å². The first-order valence-electron chi connectivity index (χ1n) is 4.08. The van der Waals surface area contributed by atoms with Crippen molar-refractivity contribution in [2.24, 2.45) is 0 Å². The molecule has 0 unspecified atom stereocenters. The van der Waals surface area contributed by atoms with E-state index in [-0.39, 0.29) is 20.3 Å². The number of rotatable bonds is 4. The van der Waals surface area contributed by atoms with E-state index in [1.54, 1.807) is 0 Å². The van der Waals surface area contributed by atoms with Crippen molar-refractivity contribution in [3.63, 3.8) is 0 Å². The zero-order chi connectivity index (χ0) is 7.98. The minimum absolute atomic E-state index is 0. The minimum Gasteiger partial charge on any atom is -1.00 e. The third-order valence-corrected chi connectivity index (χ3v) is 1.86. The summed E-state index contributed by atoms with van der Waals surface area (Å²) in [6.45, 7) is 12.1. The SMILES string of the molecule is CC=C(C)CN(CC)CC.[H-].[Li+]. The Morgan fingerprint density at radius 2 is 1.82 bits per heavy atom. The molecule has 0 saturated heterocycles. The summed E-state index contributed by atoms with van der Waals surface area (Å²) in [6, 6.07) is 0. The van der Waals surface area contributed by atoms with Gasteiger partial charge in [0.15, 0.2) is 0 Å². The van der Waals surface area contributed by atoms with Crippen molar-refractivity contribution >= 4 is 0 Å². The smallest absolute Gasteiger partial charge is 1.00 e. The Morgan fingerprint density at radius 1 is 1.36 bits per heavy atom. The Kier molecular flexibility index (Phi) is 10.6. The molecule has 0 rings (SSSR count). The number of likely N-dealkylation sites (N-methyl/N-ethyl adjacent to an activating group) is 1. The third kappa shape index (κ3) is 6.69. The maximum absolute atomic E-state index is 2.41. The van der Waals surface area contributed by atoms with Crippen molar-refractivity contribution < 1.29 is 20.3 Å². The van der Waals surface area contributed by atoms with Gasteiger partial charge in [0.2, 0.25) is 0 Å². The zero-order valence-corrected chi connectivity index (χ0v) is 8.65. The summed E-state index contributed by atoms with van der Waals surface area (Å²) >= 11 is 0. The van der Waals surface area contributed by atoms with E-state index in [1.165, 1.54) is 5.57 Å². The van der Waals surface area contributed by atoms with E-state index < -0.39 is 0 Å². The maximum atomic E-state index is 2.41. The molecule has 0 fully saturated rings. The minimum atomic E-state index is 0. The van der Waals surface area contributed by atoms with Gasteiger partial charge in [0.1, 0.15) is 0 Å². The van der Waals surface area contributed by atoms with Crippen LogP contribution in [0.3, 0.4) is 0 Å². The Morgan fingerprint density at radius 3 is 2.09 bits per heavy atom. The maximum Gasteiger partial charge on any atom is 1.00 e. The van der Waals surface area contributed by atoms with E-state index in [0.717, 1.165) is 19.6 Å². The van der Waals surface area contributed by atoms with Gasteiger partial charge in [-0.3, -0.25) is 4.90 Å². The summed E-state index contributed by atoms with van der Waals surface area (Å²) in [4.78, 5) is 2.41. The molecule has 11 heavy (non-hydrogen) atoms. The van der Waals surface area contributed by atoms with E-state index in [1.807, 2.05) is 0 Å². The number of hydrogen-bond donors (Lipinski definition) is 0. The second kappa shape index (κ2) is 8.39.